The van der Waals surface area contributed by atoms with E-state index in [1.165, 1.54) is 26.0 Å². The summed E-state index contributed by atoms with van der Waals surface area (Å²) in [6.07, 6.45) is 0. The maximum Gasteiger partial charge on any atom is 0.322 e. The van der Waals surface area contributed by atoms with Crippen molar-refractivity contribution in [3.8, 4) is 0 Å². The van der Waals surface area contributed by atoms with Crippen LogP contribution in [0.2, 0.25) is 0 Å². The number of hydrogen-bond acceptors (Lipinski definition) is 4. The van der Waals surface area contributed by atoms with E-state index in [9.17, 15) is 23.9 Å². The predicted molar refractivity (Wildman–Crippen MR) is 74.6 cm³/mol. The SMILES string of the molecule is CC1(C)C(=O)C(C(=O)NCC(=O)O)=C(O)c2cccc(F)c21. The molecule has 1 aromatic rings. The van der Waals surface area contributed by atoms with Gasteiger partial charge in [0.2, 0.25) is 0 Å². The zero-order valence-corrected chi connectivity index (χ0v) is 11.9. The maximum atomic E-state index is 14.0. The summed E-state index contributed by atoms with van der Waals surface area (Å²) >= 11 is 0. The molecule has 0 aromatic heterocycles. The molecular formula is C15H14FNO5. The van der Waals surface area contributed by atoms with Crippen molar-refractivity contribution in [2.75, 3.05) is 6.54 Å². The quantitative estimate of drug-likeness (QED) is 0.727. The lowest BCUT2D eigenvalue weighted by atomic mass is 9.70. The Morgan fingerprint density at radius 1 is 1.32 bits per heavy atom. The first-order valence-corrected chi connectivity index (χ1v) is 6.45. The molecule has 0 bridgehead atoms. The van der Waals surface area contributed by atoms with E-state index in [0.717, 1.165) is 6.07 Å². The summed E-state index contributed by atoms with van der Waals surface area (Å²) in [4.78, 5) is 35.0. The van der Waals surface area contributed by atoms with E-state index >= 15 is 0 Å². The van der Waals surface area contributed by atoms with Gasteiger partial charge in [-0.05, 0) is 19.9 Å². The number of amides is 1. The van der Waals surface area contributed by atoms with Crippen LogP contribution in [0.5, 0.6) is 0 Å². The molecule has 0 aliphatic heterocycles. The summed E-state index contributed by atoms with van der Waals surface area (Å²) in [6.45, 7) is 2.18. The van der Waals surface area contributed by atoms with Crippen LogP contribution in [0, 0.1) is 5.82 Å². The molecule has 0 unspecified atom stereocenters. The van der Waals surface area contributed by atoms with Gasteiger partial charge < -0.3 is 15.5 Å². The minimum atomic E-state index is -1.36. The van der Waals surface area contributed by atoms with Crippen LogP contribution >= 0.6 is 0 Å². The monoisotopic (exact) mass is 307 g/mol. The number of nitrogens with one attached hydrogen (secondary N) is 1. The Balaban J connectivity index is 2.59. The average Bonchev–Trinajstić information content (AvgIpc) is 2.43. The number of fused-ring (bicyclic) bond motifs is 1. The number of halogens is 1. The molecule has 0 radical (unpaired) electrons. The molecule has 0 fully saturated rings. The second kappa shape index (κ2) is 5.25. The summed E-state index contributed by atoms with van der Waals surface area (Å²) in [5.41, 5.74) is -1.87. The van der Waals surface area contributed by atoms with E-state index in [2.05, 4.69) is 0 Å². The van der Waals surface area contributed by atoms with Crippen molar-refractivity contribution in [2.24, 2.45) is 0 Å². The molecule has 1 aromatic carbocycles. The number of carbonyl (C=O) groups excluding carboxylic acids is 2. The second-order valence-electron chi connectivity index (χ2n) is 5.42. The normalized spacial score (nSPS) is 16.2. The van der Waals surface area contributed by atoms with Crippen LogP contribution in [0.15, 0.2) is 23.8 Å². The van der Waals surface area contributed by atoms with Crippen molar-refractivity contribution in [2.45, 2.75) is 19.3 Å². The minimum absolute atomic E-state index is 0.00674. The van der Waals surface area contributed by atoms with Gasteiger partial charge in [-0.2, -0.15) is 0 Å². The lowest BCUT2D eigenvalue weighted by Gasteiger charge is -2.31. The standard InChI is InChI=1S/C15H14FNO5/c1-15(2)11-7(4-3-5-8(11)16)12(20)10(13(15)21)14(22)17-6-9(18)19/h3-5,20H,6H2,1-2H3,(H,17,22)(H,18,19). The number of Topliss-reactive ketones (excluding diaryl/α,β-unsaturated/α-hetero) is 1. The predicted octanol–water partition coefficient (Wildman–Crippen LogP) is 1.16. The first kappa shape index (κ1) is 15.7. The molecule has 1 aliphatic rings. The topological polar surface area (TPSA) is 104 Å². The maximum absolute atomic E-state index is 14.0. The number of benzene rings is 1. The Kier molecular flexibility index (Phi) is 3.74. The Hall–Kier alpha value is -2.70. The minimum Gasteiger partial charge on any atom is -0.506 e. The molecule has 0 heterocycles. The van der Waals surface area contributed by atoms with Crippen molar-refractivity contribution in [1.82, 2.24) is 5.32 Å². The summed E-state index contributed by atoms with van der Waals surface area (Å²) in [5.74, 6) is -4.38. The number of ketones is 1. The number of hydrogen-bond donors (Lipinski definition) is 3. The molecule has 6 nitrogen and oxygen atoms in total. The van der Waals surface area contributed by atoms with Gasteiger partial charge in [-0.1, -0.05) is 12.1 Å². The smallest absolute Gasteiger partial charge is 0.322 e. The number of aliphatic carboxylic acids is 1. The number of aliphatic hydroxyl groups excluding tert-OH is 1. The van der Waals surface area contributed by atoms with Crippen molar-refractivity contribution in [3.05, 3.63) is 40.7 Å². The van der Waals surface area contributed by atoms with Gasteiger partial charge in [0.05, 0.1) is 5.41 Å². The molecule has 22 heavy (non-hydrogen) atoms. The van der Waals surface area contributed by atoms with Gasteiger partial charge in [0.1, 0.15) is 23.7 Å². The van der Waals surface area contributed by atoms with Gasteiger partial charge in [-0.3, -0.25) is 14.4 Å². The molecular weight excluding hydrogens is 293 g/mol. The third kappa shape index (κ3) is 2.34. The van der Waals surface area contributed by atoms with Gasteiger partial charge in [-0.25, -0.2) is 4.39 Å². The Bertz CT molecular complexity index is 721. The van der Waals surface area contributed by atoms with Crippen molar-refractivity contribution < 1.29 is 29.0 Å². The largest absolute Gasteiger partial charge is 0.506 e. The molecule has 0 spiro atoms. The molecule has 1 aliphatic carbocycles. The summed E-state index contributed by atoms with van der Waals surface area (Å²) in [5, 5.41) is 20.8. The van der Waals surface area contributed by atoms with Crippen molar-refractivity contribution in [1.29, 1.82) is 0 Å². The van der Waals surface area contributed by atoms with Crippen molar-refractivity contribution >= 4 is 23.4 Å². The molecule has 0 atom stereocenters. The van der Waals surface area contributed by atoms with Crippen LogP contribution in [-0.2, 0) is 19.8 Å². The molecule has 116 valence electrons. The van der Waals surface area contributed by atoms with E-state index in [-0.39, 0.29) is 11.1 Å². The van der Waals surface area contributed by atoms with E-state index < -0.39 is 46.8 Å². The van der Waals surface area contributed by atoms with Crippen LogP contribution in [0.4, 0.5) is 4.39 Å². The number of carboxylic acids is 1. The molecule has 3 N–H and O–H groups in total. The molecule has 0 saturated heterocycles. The third-order valence-electron chi connectivity index (χ3n) is 3.55. The lowest BCUT2D eigenvalue weighted by molar-refractivity contribution is -0.138. The van der Waals surface area contributed by atoms with E-state index in [1.54, 1.807) is 0 Å². The highest BCUT2D eigenvalue weighted by Crippen LogP contribution is 2.40. The molecule has 7 heteroatoms. The van der Waals surface area contributed by atoms with Crippen LogP contribution < -0.4 is 5.32 Å². The van der Waals surface area contributed by atoms with Crippen LogP contribution in [0.3, 0.4) is 0 Å². The Morgan fingerprint density at radius 3 is 2.55 bits per heavy atom. The number of carboxylic acid groups (broad SMARTS) is 1. The molecule has 2 rings (SSSR count). The first-order valence-electron chi connectivity index (χ1n) is 6.45. The molecule has 0 saturated carbocycles. The van der Waals surface area contributed by atoms with Crippen LogP contribution in [0.1, 0.15) is 25.0 Å². The zero-order valence-electron chi connectivity index (χ0n) is 11.9. The van der Waals surface area contributed by atoms with E-state index in [0.29, 0.717) is 0 Å². The second-order valence-corrected chi connectivity index (χ2v) is 5.42. The van der Waals surface area contributed by atoms with Gasteiger partial charge in [0.15, 0.2) is 5.78 Å². The first-order chi connectivity index (χ1) is 10.2. The third-order valence-corrected chi connectivity index (χ3v) is 3.55. The fourth-order valence-corrected chi connectivity index (χ4v) is 2.48. The van der Waals surface area contributed by atoms with Crippen LogP contribution in [0.25, 0.3) is 5.76 Å². The highest BCUT2D eigenvalue weighted by molar-refractivity contribution is 6.28. The highest BCUT2D eigenvalue weighted by Gasteiger charge is 2.44. The fraction of sp³-hybridized carbons (Fsp3) is 0.267. The highest BCUT2D eigenvalue weighted by atomic mass is 19.1. The number of aliphatic hydroxyl groups is 1. The van der Waals surface area contributed by atoms with Gasteiger partial charge in [-0.15, -0.1) is 0 Å². The van der Waals surface area contributed by atoms with Gasteiger partial charge in [0.25, 0.3) is 5.91 Å². The molecule has 1 amide bonds. The summed E-state index contributed by atoms with van der Waals surface area (Å²) < 4.78 is 14.0. The fourth-order valence-electron chi connectivity index (χ4n) is 2.48. The summed E-state index contributed by atoms with van der Waals surface area (Å²) in [7, 11) is 0. The van der Waals surface area contributed by atoms with E-state index in [4.69, 9.17) is 5.11 Å². The number of carbonyl (C=O) groups is 3. The van der Waals surface area contributed by atoms with Gasteiger partial charge in [0, 0.05) is 11.1 Å². The van der Waals surface area contributed by atoms with Crippen molar-refractivity contribution in [3.63, 3.8) is 0 Å². The van der Waals surface area contributed by atoms with Gasteiger partial charge >= 0.3 is 5.97 Å². The van der Waals surface area contributed by atoms with E-state index in [1.807, 2.05) is 5.32 Å². The Morgan fingerprint density at radius 2 is 1.95 bits per heavy atom. The number of rotatable bonds is 3. The average molecular weight is 307 g/mol. The van der Waals surface area contributed by atoms with Crippen LogP contribution in [-0.4, -0.2) is 34.4 Å². The zero-order chi connectivity index (χ0) is 16.7. The lowest BCUT2D eigenvalue weighted by Crippen LogP contribution is -2.42. The Labute approximate surface area is 125 Å². The summed E-state index contributed by atoms with van der Waals surface area (Å²) in [6, 6.07) is 3.91.